The van der Waals surface area contributed by atoms with Crippen molar-refractivity contribution < 1.29 is 8.78 Å². The molecule has 1 aromatic heterocycles. The Labute approximate surface area is 107 Å². The van der Waals surface area contributed by atoms with Gasteiger partial charge in [-0.25, -0.2) is 0 Å². The zero-order valence-corrected chi connectivity index (χ0v) is 10.8. The summed E-state index contributed by atoms with van der Waals surface area (Å²) in [6, 6.07) is 6.10. The number of aromatic nitrogens is 1. The van der Waals surface area contributed by atoms with E-state index in [1.807, 2.05) is 18.3 Å². The maximum Gasteiger partial charge on any atom is 0.312 e. The fraction of sp³-hybridized carbons (Fsp3) is 0.545. The molecule has 0 saturated carbocycles. The third-order valence-electron chi connectivity index (χ3n) is 1.76. The second-order valence-electron chi connectivity index (χ2n) is 3.03. The summed E-state index contributed by atoms with van der Waals surface area (Å²) >= 11 is 3.94. The van der Waals surface area contributed by atoms with Crippen molar-refractivity contribution >= 4 is 24.0 Å². The van der Waals surface area contributed by atoms with Crippen molar-refractivity contribution in [3.63, 3.8) is 0 Å². The molecule has 0 spiro atoms. The normalized spacial score (nSPS) is 9.06. The average molecular weight is 272 g/mol. The van der Waals surface area contributed by atoms with Crippen LogP contribution in [0.25, 0.3) is 0 Å². The summed E-state index contributed by atoms with van der Waals surface area (Å²) in [5, 5.41) is 0. The number of aryl methyl sites for hydroxylation is 1. The van der Waals surface area contributed by atoms with Crippen LogP contribution in [0.5, 0.6) is 0 Å². The van der Waals surface area contributed by atoms with Crippen LogP contribution < -0.4 is 0 Å². The maximum atomic E-state index is 10.1. The second-order valence-corrected chi connectivity index (χ2v) is 3.36. The van der Waals surface area contributed by atoms with Crippen molar-refractivity contribution in [2.45, 2.75) is 38.5 Å². The first-order valence-electron chi connectivity index (χ1n) is 4.99. The van der Waals surface area contributed by atoms with E-state index >= 15 is 0 Å². The van der Waals surface area contributed by atoms with Crippen LogP contribution >= 0.6 is 24.0 Å². The van der Waals surface area contributed by atoms with Crippen molar-refractivity contribution in [2.24, 2.45) is 0 Å². The Bertz CT molecular complexity index is 230. The lowest BCUT2D eigenvalue weighted by Crippen LogP contribution is -1.87. The van der Waals surface area contributed by atoms with E-state index < -0.39 is 5.88 Å². The zero-order chi connectivity index (χ0) is 11.5. The van der Waals surface area contributed by atoms with Gasteiger partial charge in [0.25, 0.3) is 0 Å². The molecule has 0 fully saturated rings. The highest BCUT2D eigenvalue weighted by molar-refractivity contribution is 6.18. The molecule has 16 heavy (non-hydrogen) atoms. The van der Waals surface area contributed by atoms with Gasteiger partial charge in [-0.15, -0.1) is 12.4 Å². The van der Waals surface area contributed by atoms with E-state index in [0.29, 0.717) is 0 Å². The Morgan fingerprint density at radius 2 is 1.94 bits per heavy atom. The third-order valence-corrected chi connectivity index (χ3v) is 1.76. The smallest absolute Gasteiger partial charge is 0.261 e. The highest BCUT2D eigenvalue weighted by Crippen LogP contribution is 2.02. The zero-order valence-electron chi connectivity index (χ0n) is 9.20. The molecule has 0 bridgehead atoms. The molecule has 0 aliphatic rings. The van der Waals surface area contributed by atoms with Gasteiger partial charge in [-0.3, -0.25) is 4.98 Å². The molecule has 1 nitrogen and oxygen atoms in total. The Morgan fingerprint density at radius 1 is 1.31 bits per heavy atom. The summed E-state index contributed by atoms with van der Waals surface area (Å²) < 4.78 is 20.2. The Hall–Kier alpha value is -0.410. The van der Waals surface area contributed by atoms with Gasteiger partial charge in [0.15, 0.2) is 0 Å². The average Bonchev–Trinajstić information content (AvgIpc) is 2.19. The summed E-state index contributed by atoms with van der Waals surface area (Å²) in [6.45, 7) is 2.22. The minimum Gasteiger partial charge on any atom is -0.261 e. The number of pyridine rings is 1. The molecule has 1 aromatic rings. The van der Waals surface area contributed by atoms with Crippen LogP contribution in [-0.2, 0) is 6.42 Å². The van der Waals surface area contributed by atoms with Crippen LogP contribution in [-0.4, -0.2) is 10.9 Å². The van der Waals surface area contributed by atoms with Crippen LogP contribution in [0.15, 0.2) is 24.4 Å². The van der Waals surface area contributed by atoms with E-state index in [1.165, 1.54) is 25.0 Å². The molecule has 0 amide bonds. The summed E-state index contributed by atoms with van der Waals surface area (Å²) in [7, 11) is 0. The van der Waals surface area contributed by atoms with Gasteiger partial charge in [0.2, 0.25) is 0 Å². The van der Waals surface area contributed by atoms with Crippen LogP contribution in [0.4, 0.5) is 8.78 Å². The first-order chi connectivity index (χ1) is 7.16. The SMILES string of the molecule is CCCCCc1ccccn1.Cl.FC(F)Cl. The van der Waals surface area contributed by atoms with Crippen molar-refractivity contribution in [3.8, 4) is 0 Å². The molecule has 0 N–H and O–H groups in total. The highest BCUT2D eigenvalue weighted by atomic mass is 35.5. The van der Waals surface area contributed by atoms with Crippen molar-refractivity contribution in [1.82, 2.24) is 4.98 Å². The van der Waals surface area contributed by atoms with E-state index in [0.717, 1.165) is 6.42 Å². The fourth-order valence-electron chi connectivity index (χ4n) is 1.10. The van der Waals surface area contributed by atoms with Gasteiger partial charge in [0.1, 0.15) is 0 Å². The Balaban J connectivity index is 0. The van der Waals surface area contributed by atoms with Gasteiger partial charge in [-0.2, -0.15) is 8.78 Å². The van der Waals surface area contributed by atoms with E-state index in [1.54, 1.807) is 0 Å². The first-order valence-corrected chi connectivity index (χ1v) is 5.42. The Kier molecular flexibility index (Phi) is 14.2. The lowest BCUT2D eigenvalue weighted by molar-refractivity contribution is 0.243. The molecule has 0 aromatic carbocycles. The molecule has 0 saturated heterocycles. The van der Waals surface area contributed by atoms with E-state index in [4.69, 9.17) is 0 Å². The molecular formula is C11H17Cl2F2N. The molecule has 0 aliphatic carbocycles. The van der Waals surface area contributed by atoms with Gasteiger partial charge >= 0.3 is 5.88 Å². The lowest BCUT2D eigenvalue weighted by atomic mass is 10.1. The second kappa shape index (κ2) is 12.7. The van der Waals surface area contributed by atoms with Crippen LogP contribution in [0.3, 0.4) is 0 Å². The van der Waals surface area contributed by atoms with Gasteiger partial charge in [-0.05, 0) is 25.0 Å². The maximum absolute atomic E-state index is 10.1. The number of rotatable bonds is 4. The number of halogens is 4. The number of alkyl halides is 3. The van der Waals surface area contributed by atoms with Crippen molar-refractivity contribution in [1.29, 1.82) is 0 Å². The van der Waals surface area contributed by atoms with E-state index in [-0.39, 0.29) is 12.4 Å². The summed E-state index contributed by atoms with van der Waals surface area (Å²) in [6.07, 6.45) is 6.87. The van der Waals surface area contributed by atoms with Gasteiger partial charge in [0, 0.05) is 11.9 Å². The number of hydrogen-bond donors (Lipinski definition) is 0. The van der Waals surface area contributed by atoms with E-state index in [9.17, 15) is 8.78 Å². The van der Waals surface area contributed by atoms with Gasteiger partial charge in [-0.1, -0.05) is 37.4 Å². The van der Waals surface area contributed by atoms with Crippen molar-refractivity contribution in [3.05, 3.63) is 30.1 Å². The first kappa shape index (κ1) is 18.0. The molecule has 1 rings (SSSR count). The fourth-order valence-corrected chi connectivity index (χ4v) is 1.10. The lowest BCUT2D eigenvalue weighted by Gasteiger charge is -1.97. The van der Waals surface area contributed by atoms with Crippen LogP contribution in [0, 0.1) is 0 Å². The minimum atomic E-state index is -2.69. The number of nitrogens with zero attached hydrogens (tertiary/aromatic N) is 1. The highest BCUT2D eigenvalue weighted by Gasteiger charge is 1.90. The van der Waals surface area contributed by atoms with E-state index in [2.05, 4.69) is 29.6 Å². The molecular weight excluding hydrogens is 255 g/mol. The topological polar surface area (TPSA) is 12.9 Å². The third kappa shape index (κ3) is 13.6. The predicted molar refractivity (Wildman–Crippen MR) is 66.6 cm³/mol. The Morgan fingerprint density at radius 3 is 2.38 bits per heavy atom. The quantitative estimate of drug-likeness (QED) is 0.572. The molecule has 1 heterocycles. The van der Waals surface area contributed by atoms with Crippen LogP contribution in [0.2, 0.25) is 0 Å². The molecule has 5 heteroatoms. The molecule has 0 atom stereocenters. The standard InChI is InChI=1S/C10H15N.CHClF2.ClH/c1-2-3-4-7-10-8-5-6-9-11-10;2-1(3)4;/h5-6,8-9H,2-4,7H2,1H3;1H;1H. The molecule has 0 radical (unpaired) electrons. The van der Waals surface area contributed by atoms with Crippen molar-refractivity contribution in [2.75, 3.05) is 0 Å². The van der Waals surface area contributed by atoms with Gasteiger partial charge in [0.05, 0.1) is 0 Å². The monoisotopic (exact) mass is 271 g/mol. The summed E-state index contributed by atoms with van der Waals surface area (Å²) in [4.78, 5) is 4.25. The van der Waals surface area contributed by atoms with Crippen LogP contribution in [0.1, 0.15) is 31.9 Å². The predicted octanol–water partition coefficient (Wildman–Crippen LogP) is 4.68. The largest absolute Gasteiger partial charge is 0.312 e. The summed E-state index contributed by atoms with van der Waals surface area (Å²) in [5.41, 5.74) is 1.22. The number of hydrogen-bond acceptors (Lipinski definition) is 1. The molecule has 0 aliphatic heterocycles. The number of unbranched alkanes of at least 4 members (excludes halogenated alkanes) is 2. The summed E-state index contributed by atoms with van der Waals surface area (Å²) in [5.74, 6) is -2.69. The molecule has 0 unspecified atom stereocenters. The minimum absolute atomic E-state index is 0. The van der Waals surface area contributed by atoms with Gasteiger partial charge < -0.3 is 0 Å². The molecule has 94 valence electrons.